The first-order chi connectivity index (χ1) is 12.5. The van der Waals surface area contributed by atoms with Gasteiger partial charge in [-0.2, -0.15) is 0 Å². The quantitative estimate of drug-likeness (QED) is 0.756. The summed E-state index contributed by atoms with van der Waals surface area (Å²) < 4.78 is 5.44. The predicted molar refractivity (Wildman–Crippen MR) is 98.0 cm³/mol. The van der Waals surface area contributed by atoms with E-state index >= 15 is 0 Å². The maximum Gasteiger partial charge on any atom is 0.259 e. The van der Waals surface area contributed by atoms with E-state index < -0.39 is 0 Å². The van der Waals surface area contributed by atoms with Crippen molar-refractivity contribution < 1.29 is 9.32 Å². The molecule has 1 aliphatic rings. The van der Waals surface area contributed by atoms with Crippen molar-refractivity contribution in [1.29, 1.82) is 0 Å². The van der Waals surface area contributed by atoms with Crippen LogP contribution in [-0.2, 0) is 6.54 Å². The summed E-state index contributed by atoms with van der Waals surface area (Å²) in [6.07, 6.45) is 2.22. The van der Waals surface area contributed by atoms with Crippen LogP contribution in [0, 0.1) is 6.92 Å². The fourth-order valence-electron chi connectivity index (χ4n) is 3.12. The third kappa shape index (κ3) is 3.19. The number of carbonyl (C=O) groups is 1. The van der Waals surface area contributed by atoms with Crippen molar-refractivity contribution in [3.05, 3.63) is 52.6 Å². The van der Waals surface area contributed by atoms with Crippen LogP contribution in [0.4, 0.5) is 0 Å². The summed E-state index contributed by atoms with van der Waals surface area (Å²) in [6, 6.07) is 7.69. The van der Waals surface area contributed by atoms with E-state index in [0.717, 1.165) is 41.0 Å². The van der Waals surface area contributed by atoms with Crippen LogP contribution < -0.4 is 5.32 Å². The Morgan fingerprint density at radius 3 is 2.81 bits per heavy atom. The van der Waals surface area contributed by atoms with Crippen LogP contribution >= 0.6 is 0 Å². The Balaban J connectivity index is 1.68. The number of amides is 1. The average Bonchev–Trinajstić information content (AvgIpc) is 3.37. The number of hydrogen-bond acceptors (Lipinski definition) is 5. The number of nitrogens with one attached hydrogen (secondary N) is 1. The van der Waals surface area contributed by atoms with E-state index in [2.05, 4.69) is 20.4 Å². The van der Waals surface area contributed by atoms with Crippen LogP contribution in [0.1, 0.15) is 71.7 Å². The minimum atomic E-state index is -0.146. The number of nitrogens with zero attached hydrogens (tertiary/aromatic N) is 3. The lowest BCUT2D eigenvalue weighted by Crippen LogP contribution is -2.24. The predicted octanol–water partition coefficient (Wildman–Crippen LogP) is 3.86. The fourth-order valence-corrected chi connectivity index (χ4v) is 3.12. The molecule has 0 bridgehead atoms. The Morgan fingerprint density at radius 2 is 2.12 bits per heavy atom. The molecule has 0 saturated heterocycles. The molecule has 0 atom stereocenters. The molecule has 1 aliphatic carbocycles. The van der Waals surface area contributed by atoms with Gasteiger partial charge in [0.05, 0.1) is 28.9 Å². The molecular formula is C20H22N4O2. The van der Waals surface area contributed by atoms with E-state index in [1.807, 2.05) is 45.0 Å². The fraction of sp³-hybridized carbons (Fsp3) is 0.400. The maximum atomic E-state index is 12.9. The average molecular weight is 350 g/mol. The van der Waals surface area contributed by atoms with E-state index in [1.165, 1.54) is 0 Å². The number of aryl methyl sites for hydroxylation is 1. The molecule has 134 valence electrons. The summed E-state index contributed by atoms with van der Waals surface area (Å²) in [4.78, 5) is 22.0. The monoisotopic (exact) mass is 350 g/mol. The topological polar surface area (TPSA) is 80.9 Å². The van der Waals surface area contributed by atoms with Gasteiger partial charge in [-0.05, 0) is 43.9 Å². The zero-order valence-electron chi connectivity index (χ0n) is 15.2. The Morgan fingerprint density at radius 1 is 1.31 bits per heavy atom. The van der Waals surface area contributed by atoms with Crippen LogP contribution in [0.2, 0.25) is 0 Å². The van der Waals surface area contributed by atoms with Gasteiger partial charge < -0.3 is 9.84 Å². The summed E-state index contributed by atoms with van der Waals surface area (Å²) >= 11 is 0. The number of hydrogen-bond donors (Lipinski definition) is 1. The van der Waals surface area contributed by atoms with Gasteiger partial charge >= 0.3 is 0 Å². The highest BCUT2D eigenvalue weighted by molar-refractivity contribution is 6.06. The van der Waals surface area contributed by atoms with Gasteiger partial charge in [0.2, 0.25) is 0 Å². The van der Waals surface area contributed by atoms with Gasteiger partial charge in [0.25, 0.3) is 11.6 Å². The van der Waals surface area contributed by atoms with Gasteiger partial charge in [-0.1, -0.05) is 25.1 Å². The Kier molecular flexibility index (Phi) is 4.18. The number of rotatable bonds is 5. The highest BCUT2D eigenvalue weighted by Crippen LogP contribution is 2.41. The summed E-state index contributed by atoms with van der Waals surface area (Å²) in [5.74, 6) is 0.430. The van der Waals surface area contributed by atoms with Crippen LogP contribution in [0.15, 0.2) is 28.8 Å². The lowest BCUT2D eigenvalue weighted by molar-refractivity contribution is 0.0951. The van der Waals surface area contributed by atoms with E-state index in [1.54, 1.807) is 0 Å². The highest BCUT2D eigenvalue weighted by atomic mass is 16.5. The van der Waals surface area contributed by atoms with E-state index in [9.17, 15) is 4.79 Å². The normalized spacial score (nSPS) is 14.2. The molecule has 1 fully saturated rings. The summed E-state index contributed by atoms with van der Waals surface area (Å²) in [7, 11) is 0. The molecule has 1 N–H and O–H groups in total. The molecule has 3 heterocycles. The first-order valence-corrected chi connectivity index (χ1v) is 9.04. The van der Waals surface area contributed by atoms with Crippen molar-refractivity contribution in [3.63, 3.8) is 0 Å². The lowest BCUT2D eigenvalue weighted by Gasteiger charge is -2.09. The van der Waals surface area contributed by atoms with E-state index in [0.29, 0.717) is 23.7 Å². The molecule has 0 aliphatic heterocycles. The zero-order chi connectivity index (χ0) is 18.3. The third-order valence-corrected chi connectivity index (χ3v) is 4.66. The standard InChI is InChI=1S/C20H22N4O2/c1-11(2)18-17-15(9-16(13-7-8-13)23-20(17)26-24-18)19(25)21-10-14-6-4-5-12(3)22-14/h4-6,9,11,13H,7-8,10H2,1-3H3,(H,21,25). The van der Waals surface area contributed by atoms with Gasteiger partial charge in [-0.3, -0.25) is 9.78 Å². The molecule has 0 radical (unpaired) electrons. The SMILES string of the molecule is Cc1cccc(CNC(=O)c2cc(C3CC3)nc3onc(C(C)C)c23)n1. The first-order valence-electron chi connectivity index (χ1n) is 9.04. The van der Waals surface area contributed by atoms with Crippen LogP contribution in [0.5, 0.6) is 0 Å². The number of aromatic nitrogens is 3. The second-order valence-electron chi connectivity index (χ2n) is 7.22. The van der Waals surface area contributed by atoms with Crippen molar-refractivity contribution in [3.8, 4) is 0 Å². The third-order valence-electron chi connectivity index (χ3n) is 4.66. The molecule has 0 spiro atoms. The first kappa shape index (κ1) is 16.7. The van der Waals surface area contributed by atoms with Crippen molar-refractivity contribution in [1.82, 2.24) is 20.4 Å². The molecular weight excluding hydrogens is 328 g/mol. The lowest BCUT2D eigenvalue weighted by atomic mass is 10.0. The molecule has 3 aromatic rings. The van der Waals surface area contributed by atoms with E-state index in [4.69, 9.17) is 4.52 Å². The van der Waals surface area contributed by atoms with Gasteiger partial charge in [-0.15, -0.1) is 0 Å². The molecule has 1 amide bonds. The Labute approximate surface area is 152 Å². The van der Waals surface area contributed by atoms with Crippen LogP contribution in [0.25, 0.3) is 11.1 Å². The van der Waals surface area contributed by atoms with Crippen molar-refractivity contribution in [2.75, 3.05) is 0 Å². The molecule has 4 rings (SSSR count). The molecule has 6 nitrogen and oxygen atoms in total. The highest BCUT2D eigenvalue weighted by Gasteiger charge is 2.29. The minimum absolute atomic E-state index is 0.146. The number of pyridine rings is 2. The van der Waals surface area contributed by atoms with Crippen molar-refractivity contribution >= 4 is 17.0 Å². The van der Waals surface area contributed by atoms with Gasteiger partial charge in [0.15, 0.2) is 0 Å². The summed E-state index contributed by atoms with van der Waals surface area (Å²) in [5.41, 5.74) is 4.50. The number of carbonyl (C=O) groups excluding carboxylic acids is 1. The second-order valence-corrected chi connectivity index (χ2v) is 7.22. The van der Waals surface area contributed by atoms with Crippen LogP contribution in [-0.4, -0.2) is 21.0 Å². The Hall–Kier alpha value is -2.76. The zero-order valence-corrected chi connectivity index (χ0v) is 15.2. The number of fused-ring (bicyclic) bond motifs is 1. The van der Waals surface area contributed by atoms with Gasteiger partial charge in [0, 0.05) is 17.3 Å². The second kappa shape index (κ2) is 6.52. The summed E-state index contributed by atoms with van der Waals surface area (Å²) in [6.45, 7) is 6.38. The molecule has 3 aromatic heterocycles. The maximum absolute atomic E-state index is 12.9. The Bertz CT molecular complexity index is 973. The van der Waals surface area contributed by atoms with Crippen molar-refractivity contribution in [2.45, 2.75) is 52.0 Å². The van der Waals surface area contributed by atoms with Gasteiger partial charge in [-0.25, -0.2) is 4.98 Å². The van der Waals surface area contributed by atoms with Crippen LogP contribution in [0.3, 0.4) is 0 Å². The largest absolute Gasteiger partial charge is 0.346 e. The molecule has 0 unspecified atom stereocenters. The summed E-state index contributed by atoms with van der Waals surface area (Å²) in [5, 5.41) is 7.86. The molecule has 6 heteroatoms. The van der Waals surface area contributed by atoms with Gasteiger partial charge in [0.1, 0.15) is 0 Å². The smallest absolute Gasteiger partial charge is 0.259 e. The molecule has 1 saturated carbocycles. The van der Waals surface area contributed by atoms with Crippen molar-refractivity contribution in [2.24, 2.45) is 0 Å². The molecule has 0 aromatic carbocycles. The van der Waals surface area contributed by atoms with E-state index in [-0.39, 0.29) is 11.8 Å². The molecule has 26 heavy (non-hydrogen) atoms. The minimum Gasteiger partial charge on any atom is -0.346 e.